The largest absolute Gasteiger partial charge is 0.462 e. The summed E-state index contributed by atoms with van der Waals surface area (Å²) < 4.78 is 18.3. The van der Waals surface area contributed by atoms with Crippen molar-refractivity contribution < 1.29 is 28.6 Å². The Hall–Kier alpha value is -1.78. The summed E-state index contributed by atoms with van der Waals surface area (Å²) in [7, 11) is 0. The molecular formula is C15H20N2O6S2. The average Bonchev–Trinajstić information content (AvgIpc) is 3.01. The second-order valence-electron chi connectivity index (χ2n) is 6.11. The number of carbonyl (C=O) groups is 3. The predicted octanol–water partition coefficient (Wildman–Crippen LogP) is 3.97. The number of ether oxygens (including phenoxy) is 3. The zero-order valence-electron chi connectivity index (χ0n) is 14.6. The van der Waals surface area contributed by atoms with Gasteiger partial charge in [0.05, 0.1) is 17.0 Å². The maximum atomic E-state index is 12.3. The summed E-state index contributed by atoms with van der Waals surface area (Å²) in [6.45, 7) is 8.81. The minimum Gasteiger partial charge on any atom is -0.462 e. The summed E-state index contributed by atoms with van der Waals surface area (Å²) in [5.74, 6) is -0.564. The van der Waals surface area contributed by atoms with E-state index in [0.29, 0.717) is 10.4 Å². The minimum absolute atomic E-state index is 0.196. The Morgan fingerprint density at radius 3 is 2.56 bits per heavy atom. The molecule has 0 saturated carbocycles. The SMILES string of the molecule is CCOC(=O)c1c(NC(=O)OC(C)(C)C)sc(C2NSC(=O)O2)c1C. The van der Waals surface area contributed by atoms with Crippen molar-refractivity contribution in [2.24, 2.45) is 0 Å². The molecule has 1 fully saturated rings. The molecule has 2 N–H and O–H groups in total. The fourth-order valence-corrected chi connectivity index (χ4v) is 3.82. The van der Waals surface area contributed by atoms with Gasteiger partial charge in [-0.05, 0) is 40.2 Å². The Labute approximate surface area is 153 Å². The van der Waals surface area contributed by atoms with Crippen molar-refractivity contribution in [3.63, 3.8) is 0 Å². The molecule has 1 aliphatic rings. The van der Waals surface area contributed by atoms with Gasteiger partial charge in [0.25, 0.3) is 0 Å². The number of cyclic esters (lactones) is 1. The van der Waals surface area contributed by atoms with Gasteiger partial charge in [0.15, 0.2) is 6.23 Å². The fourth-order valence-electron chi connectivity index (χ4n) is 2.07. The average molecular weight is 388 g/mol. The van der Waals surface area contributed by atoms with Gasteiger partial charge in [0.2, 0.25) is 0 Å². The molecule has 1 aromatic rings. The van der Waals surface area contributed by atoms with Gasteiger partial charge in [-0.1, -0.05) is 0 Å². The molecule has 8 nitrogen and oxygen atoms in total. The first-order valence-corrected chi connectivity index (χ1v) is 9.19. The summed E-state index contributed by atoms with van der Waals surface area (Å²) in [4.78, 5) is 36.3. The van der Waals surface area contributed by atoms with Crippen LogP contribution in [0.2, 0.25) is 0 Å². The smallest absolute Gasteiger partial charge is 0.412 e. The van der Waals surface area contributed by atoms with Crippen LogP contribution in [-0.4, -0.2) is 29.6 Å². The van der Waals surface area contributed by atoms with Crippen LogP contribution in [0.25, 0.3) is 0 Å². The molecule has 1 aliphatic heterocycles. The van der Waals surface area contributed by atoms with Gasteiger partial charge in [0, 0.05) is 11.9 Å². The number of amides is 1. The molecule has 0 radical (unpaired) electrons. The number of anilines is 1. The van der Waals surface area contributed by atoms with Gasteiger partial charge < -0.3 is 14.2 Å². The molecule has 1 saturated heterocycles. The zero-order valence-corrected chi connectivity index (χ0v) is 16.2. The lowest BCUT2D eigenvalue weighted by molar-refractivity contribution is 0.0527. The second kappa shape index (κ2) is 7.63. The topological polar surface area (TPSA) is 103 Å². The Kier molecular flexibility index (Phi) is 5.96. The number of hydrogen-bond acceptors (Lipinski definition) is 9. The summed E-state index contributed by atoms with van der Waals surface area (Å²) in [5, 5.41) is 2.41. The number of esters is 1. The molecule has 2 rings (SSSR count). The van der Waals surface area contributed by atoms with E-state index in [9.17, 15) is 14.4 Å². The highest BCUT2D eigenvalue weighted by Crippen LogP contribution is 2.40. The number of rotatable bonds is 4. The van der Waals surface area contributed by atoms with Crippen LogP contribution < -0.4 is 10.0 Å². The fraction of sp³-hybridized carbons (Fsp3) is 0.533. The first kappa shape index (κ1) is 19.5. The van der Waals surface area contributed by atoms with Gasteiger partial charge in [-0.2, -0.15) is 0 Å². The Bertz CT molecular complexity index is 695. The van der Waals surface area contributed by atoms with Gasteiger partial charge in [-0.15, -0.1) is 11.3 Å². The van der Waals surface area contributed by atoms with Crippen LogP contribution >= 0.6 is 23.3 Å². The maximum Gasteiger partial charge on any atom is 0.412 e. The first-order chi connectivity index (χ1) is 11.6. The van der Waals surface area contributed by atoms with Crippen LogP contribution in [0, 0.1) is 6.92 Å². The van der Waals surface area contributed by atoms with Crippen LogP contribution in [0.3, 0.4) is 0 Å². The highest BCUT2D eigenvalue weighted by atomic mass is 32.2. The van der Waals surface area contributed by atoms with Crippen LogP contribution in [0.15, 0.2) is 0 Å². The molecule has 1 atom stereocenters. The van der Waals surface area contributed by atoms with Crippen LogP contribution in [0.5, 0.6) is 0 Å². The molecule has 138 valence electrons. The molecule has 0 aromatic carbocycles. The van der Waals surface area contributed by atoms with E-state index < -0.39 is 29.2 Å². The van der Waals surface area contributed by atoms with E-state index in [1.54, 1.807) is 34.6 Å². The van der Waals surface area contributed by atoms with Crippen molar-refractivity contribution >= 4 is 45.6 Å². The van der Waals surface area contributed by atoms with Gasteiger partial charge in [0.1, 0.15) is 10.6 Å². The van der Waals surface area contributed by atoms with E-state index in [1.807, 2.05) is 0 Å². The van der Waals surface area contributed by atoms with Crippen LogP contribution in [-0.2, 0) is 14.2 Å². The summed E-state index contributed by atoms with van der Waals surface area (Å²) >= 11 is 1.96. The molecule has 0 spiro atoms. The highest BCUT2D eigenvalue weighted by Gasteiger charge is 2.33. The Morgan fingerprint density at radius 1 is 1.36 bits per heavy atom. The highest BCUT2D eigenvalue weighted by molar-refractivity contribution is 8.11. The van der Waals surface area contributed by atoms with Crippen LogP contribution in [0.1, 0.15) is 54.7 Å². The van der Waals surface area contributed by atoms with Crippen molar-refractivity contribution in [3.05, 3.63) is 16.0 Å². The molecule has 10 heteroatoms. The predicted molar refractivity (Wildman–Crippen MR) is 94.8 cm³/mol. The van der Waals surface area contributed by atoms with E-state index >= 15 is 0 Å². The molecule has 1 amide bonds. The number of thiophene rings is 1. The molecule has 0 aliphatic carbocycles. The van der Waals surface area contributed by atoms with Crippen molar-refractivity contribution in [2.75, 3.05) is 11.9 Å². The second-order valence-corrected chi connectivity index (χ2v) is 7.94. The van der Waals surface area contributed by atoms with Crippen molar-refractivity contribution in [2.45, 2.75) is 46.4 Å². The van der Waals surface area contributed by atoms with Gasteiger partial charge in [-0.3, -0.25) is 5.32 Å². The van der Waals surface area contributed by atoms with E-state index in [1.165, 1.54) is 0 Å². The van der Waals surface area contributed by atoms with E-state index in [0.717, 1.165) is 23.3 Å². The molecular weight excluding hydrogens is 368 g/mol. The minimum atomic E-state index is -0.690. The van der Waals surface area contributed by atoms with Crippen molar-refractivity contribution in [1.29, 1.82) is 0 Å². The third kappa shape index (κ3) is 4.86. The van der Waals surface area contributed by atoms with E-state index in [2.05, 4.69) is 10.0 Å². The molecule has 0 bridgehead atoms. The monoisotopic (exact) mass is 388 g/mol. The number of nitrogens with one attached hydrogen (secondary N) is 2. The van der Waals surface area contributed by atoms with Gasteiger partial charge >= 0.3 is 17.4 Å². The third-order valence-corrected chi connectivity index (χ3v) is 4.82. The summed E-state index contributed by atoms with van der Waals surface area (Å²) in [6.07, 6.45) is -1.37. The van der Waals surface area contributed by atoms with Gasteiger partial charge in [-0.25, -0.2) is 19.1 Å². The molecule has 25 heavy (non-hydrogen) atoms. The molecule has 2 heterocycles. The zero-order chi connectivity index (χ0) is 18.8. The number of carbonyl (C=O) groups excluding carboxylic acids is 3. The summed E-state index contributed by atoms with van der Waals surface area (Å²) in [5.41, 5.74) is 0.118. The van der Waals surface area contributed by atoms with E-state index in [-0.39, 0.29) is 17.2 Å². The maximum absolute atomic E-state index is 12.3. The quantitative estimate of drug-likeness (QED) is 0.454. The van der Waals surface area contributed by atoms with Crippen molar-refractivity contribution in [1.82, 2.24) is 4.72 Å². The normalized spacial score (nSPS) is 17.2. The first-order valence-electron chi connectivity index (χ1n) is 7.55. The molecule has 1 unspecified atom stereocenters. The lowest BCUT2D eigenvalue weighted by atomic mass is 10.1. The van der Waals surface area contributed by atoms with Crippen molar-refractivity contribution in [3.8, 4) is 0 Å². The standard InChI is InChI=1S/C15H20N2O6S2/c1-6-21-12(18)8-7(2)9(10-17-25-14(20)22-10)24-11(8)16-13(19)23-15(3,4)5/h10,17H,6H2,1-5H3,(H,16,19). The van der Waals surface area contributed by atoms with Crippen LogP contribution in [0.4, 0.5) is 14.6 Å². The Balaban J connectivity index is 2.34. The lowest BCUT2D eigenvalue weighted by Crippen LogP contribution is -2.27. The third-order valence-electron chi connectivity index (χ3n) is 2.98. The van der Waals surface area contributed by atoms with E-state index in [4.69, 9.17) is 14.2 Å². The Morgan fingerprint density at radius 2 is 2.04 bits per heavy atom. The summed E-state index contributed by atoms with van der Waals surface area (Å²) in [6, 6.07) is 0. The lowest BCUT2D eigenvalue weighted by Gasteiger charge is -2.19. The number of hydrogen-bond donors (Lipinski definition) is 2. The molecule has 1 aromatic heterocycles.